The molecule has 0 bridgehead atoms. The molecule has 0 saturated carbocycles. The van der Waals surface area contributed by atoms with Crippen LogP contribution in [0, 0.1) is 0 Å². The summed E-state index contributed by atoms with van der Waals surface area (Å²) >= 11 is 0. The number of hydrogen-bond donors (Lipinski definition) is 4. The van der Waals surface area contributed by atoms with Gasteiger partial charge in [-0.05, 0) is 38.5 Å². The number of amides is 1. The molecule has 296 valence electrons. The number of rotatable bonds is 34. The van der Waals surface area contributed by atoms with Gasteiger partial charge in [0.15, 0.2) is 0 Å². The zero-order valence-electron chi connectivity index (χ0n) is 32.9. The van der Waals surface area contributed by atoms with Crippen LogP contribution in [0.4, 0.5) is 0 Å². The fourth-order valence-corrected chi connectivity index (χ4v) is 5.94. The van der Waals surface area contributed by atoms with Gasteiger partial charge >= 0.3 is 7.82 Å². The van der Waals surface area contributed by atoms with Crippen LogP contribution in [0.1, 0.15) is 136 Å². The first-order chi connectivity index (χ1) is 24.4. The third-order valence-electron chi connectivity index (χ3n) is 8.40. The minimum Gasteiger partial charge on any atom is -0.390 e. The monoisotopic (exact) mass is 740 g/mol. The van der Waals surface area contributed by atoms with Gasteiger partial charge in [-0.3, -0.25) is 13.8 Å². The van der Waals surface area contributed by atoms with Crippen molar-refractivity contribution in [1.82, 2.24) is 5.32 Å². The first-order valence-corrected chi connectivity index (χ1v) is 21.2. The van der Waals surface area contributed by atoms with E-state index in [1.165, 1.54) is 51.4 Å². The van der Waals surface area contributed by atoms with Crippen molar-refractivity contribution < 1.29 is 38.0 Å². The van der Waals surface area contributed by atoms with Gasteiger partial charge in [0, 0.05) is 6.42 Å². The van der Waals surface area contributed by atoms with E-state index >= 15 is 0 Å². The number of likely N-dealkylation sites (N-methyl/N-ethyl adjacent to an activating group) is 1. The van der Waals surface area contributed by atoms with Crippen LogP contribution in [-0.4, -0.2) is 84.6 Å². The maximum Gasteiger partial charge on any atom is 0.472 e. The van der Waals surface area contributed by atoms with Crippen molar-refractivity contribution in [2.45, 2.75) is 154 Å². The van der Waals surface area contributed by atoms with Gasteiger partial charge < -0.3 is 24.9 Å². The maximum atomic E-state index is 12.8. The van der Waals surface area contributed by atoms with E-state index < -0.39 is 32.7 Å². The van der Waals surface area contributed by atoms with Crippen LogP contribution in [0.15, 0.2) is 60.8 Å². The summed E-state index contributed by atoms with van der Waals surface area (Å²) in [5.41, 5.74) is 0. The molecule has 1 amide bonds. The lowest BCUT2D eigenvalue weighted by Crippen LogP contribution is -2.51. The normalized spacial score (nSPS) is 15.8. The Bertz CT molecular complexity index is 1040. The Hall–Kier alpha value is -1.84. The summed E-state index contributed by atoms with van der Waals surface area (Å²) in [5, 5.41) is 24.5. The molecule has 0 aliphatic carbocycles. The highest BCUT2D eigenvalue weighted by Crippen LogP contribution is 2.43. The summed E-state index contributed by atoms with van der Waals surface area (Å²) in [4.78, 5) is 23.0. The Morgan fingerprint density at radius 1 is 0.686 bits per heavy atom. The number of carbonyl (C=O) groups is 1. The summed E-state index contributed by atoms with van der Waals surface area (Å²) in [6, 6.07) is -1.09. The van der Waals surface area contributed by atoms with Gasteiger partial charge in [0.05, 0.1) is 39.9 Å². The van der Waals surface area contributed by atoms with Gasteiger partial charge in [0.2, 0.25) is 5.91 Å². The minimum atomic E-state index is -4.44. The van der Waals surface area contributed by atoms with Crippen molar-refractivity contribution in [2.24, 2.45) is 0 Å². The molecule has 0 fully saturated rings. The predicted octanol–water partition coefficient (Wildman–Crippen LogP) is 9.27. The van der Waals surface area contributed by atoms with Crippen LogP contribution in [0.2, 0.25) is 0 Å². The van der Waals surface area contributed by atoms with E-state index in [2.05, 4.69) is 61.7 Å². The number of nitrogens with one attached hydrogen (secondary N) is 1. The van der Waals surface area contributed by atoms with Crippen LogP contribution in [0.5, 0.6) is 0 Å². The Labute approximate surface area is 312 Å². The van der Waals surface area contributed by atoms with Crippen molar-refractivity contribution in [3.05, 3.63) is 60.8 Å². The van der Waals surface area contributed by atoms with E-state index in [1.54, 1.807) is 6.08 Å². The Morgan fingerprint density at radius 2 is 1.14 bits per heavy atom. The van der Waals surface area contributed by atoms with Crippen molar-refractivity contribution >= 4 is 13.7 Å². The molecule has 0 saturated heterocycles. The minimum absolute atomic E-state index is 0.00249. The number of hydrogen-bond acceptors (Lipinski definition) is 6. The summed E-state index contributed by atoms with van der Waals surface area (Å²) in [6.07, 6.45) is 37.4. The summed E-state index contributed by atoms with van der Waals surface area (Å²) in [5.74, 6) is -0.389. The Morgan fingerprint density at radius 3 is 1.61 bits per heavy atom. The Kier molecular flexibility index (Phi) is 31.6. The second-order valence-corrected chi connectivity index (χ2v) is 15.9. The van der Waals surface area contributed by atoms with Crippen molar-refractivity contribution in [3.63, 3.8) is 0 Å². The number of allylic oxidation sites excluding steroid dienone is 9. The molecule has 0 rings (SSSR count). The maximum absolute atomic E-state index is 12.8. The van der Waals surface area contributed by atoms with Gasteiger partial charge in [-0.15, -0.1) is 0 Å². The van der Waals surface area contributed by atoms with Gasteiger partial charge in [0.1, 0.15) is 19.3 Å². The largest absolute Gasteiger partial charge is 0.472 e. The number of carbonyl (C=O) groups excluding carboxylic acids is 1. The predicted molar refractivity (Wildman–Crippen MR) is 213 cm³/mol. The van der Waals surface area contributed by atoms with Crippen LogP contribution in [-0.2, 0) is 18.4 Å². The highest BCUT2D eigenvalue weighted by molar-refractivity contribution is 7.47. The average molecular weight is 740 g/mol. The molecule has 9 nitrogen and oxygen atoms in total. The third kappa shape index (κ3) is 33.7. The number of nitrogens with zero attached hydrogens (tertiary/aromatic N) is 1. The molecular formula is C41H76N2O7P+. The first kappa shape index (κ1) is 49.2. The number of phosphoric acid groups is 1. The van der Waals surface area contributed by atoms with Crippen LogP contribution in [0.25, 0.3) is 0 Å². The van der Waals surface area contributed by atoms with Crippen molar-refractivity contribution in [2.75, 3.05) is 40.9 Å². The molecule has 0 radical (unpaired) electrons. The quantitative estimate of drug-likeness (QED) is 0.0224. The van der Waals surface area contributed by atoms with Gasteiger partial charge in [-0.1, -0.05) is 152 Å². The SMILES string of the molecule is CC/C=C\C/C=C\C/C=C\C/C=C\C/C=C\CC(=O)NC(COP(=O)(O)OCC[N+](C)(C)C)C(O)C(O)CCCCCCCCCCCCCC. The van der Waals surface area contributed by atoms with Crippen LogP contribution in [0.3, 0.4) is 0 Å². The first-order valence-electron chi connectivity index (χ1n) is 19.7. The molecule has 4 unspecified atom stereocenters. The van der Waals surface area contributed by atoms with E-state index in [-0.39, 0.29) is 18.9 Å². The molecular weight excluding hydrogens is 663 g/mol. The van der Waals surface area contributed by atoms with Gasteiger partial charge in [-0.2, -0.15) is 0 Å². The fourth-order valence-electron chi connectivity index (χ4n) is 5.21. The third-order valence-corrected chi connectivity index (χ3v) is 9.39. The van der Waals surface area contributed by atoms with E-state index in [1.807, 2.05) is 33.3 Å². The van der Waals surface area contributed by atoms with Gasteiger partial charge in [-0.25, -0.2) is 4.57 Å². The standard InChI is InChI=1S/C41H75N2O7P/c1-6-8-10-12-14-16-18-20-21-22-24-26-28-30-32-34-40(45)42-38(37-50-51(47,48)49-36-35-43(3,4)5)41(46)39(44)33-31-29-27-25-23-19-17-15-13-11-9-7-2/h8,10,14,16,20-21,24,26,30,32,38-39,41,44,46H,6-7,9,11-13,15,17-19,22-23,25,27-29,31,33-37H2,1-5H3,(H-,42,45,47,48)/p+1/b10-8-,16-14-,21-20-,26-24-,32-30-. The molecule has 51 heavy (non-hydrogen) atoms. The molecule has 0 spiro atoms. The summed E-state index contributed by atoms with van der Waals surface area (Å²) < 4.78 is 23.4. The molecule has 0 heterocycles. The number of unbranched alkanes of at least 4 members (excludes halogenated alkanes) is 11. The number of quaternary nitrogens is 1. The topological polar surface area (TPSA) is 125 Å². The Balaban J connectivity index is 4.77. The molecule has 0 aromatic rings. The summed E-state index contributed by atoms with van der Waals surface area (Å²) in [6.45, 7) is 4.38. The molecule has 0 aliphatic heterocycles. The number of aliphatic hydroxyl groups excluding tert-OH is 2. The second kappa shape index (κ2) is 32.8. The lowest BCUT2D eigenvalue weighted by Gasteiger charge is -2.28. The van der Waals surface area contributed by atoms with Crippen molar-refractivity contribution in [3.8, 4) is 0 Å². The van der Waals surface area contributed by atoms with E-state index in [4.69, 9.17) is 9.05 Å². The zero-order valence-corrected chi connectivity index (χ0v) is 33.8. The van der Waals surface area contributed by atoms with Crippen LogP contribution >= 0.6 is 7.82 Å². The van der Waals surface area contributed by atoms with Crippen LogP contribution < -0.4 is 5.32 Å². The molecule has 4 atom stereocenters. The highest BCUT2D eigenvalue weighted by Gasteiger charge is 2.31. The highest BCUT2D eigenvalue weighted by atomic mass is 31.2. The molecule has 0 aromatic heterocycles. The molecule has 0 aliphatic rings. The summed E-state index contributed by atoms with van der Waals surface area (Å²) in [7, 11) is 1.37. The van der Waals surface area contributed by atoms with E-state index in [9.17, 15) is 24.5 Å². The number of phosphoric ester groups is 1. The second-order valence-electron chi connectivity index (χ2n) is 14.4. The van der Waals surface area contributed by atoms with E-state index in [0.717, 1.165) is 51.4 Å². The number of aliphatic hydroxyl groups is 2. The zero-order chi connectivity index (χ0) is 38.1. The average Bonchev–Trinajstić information content (AvgIpc) is 3.07. The van der Waals surface area contributed by atoms with E-state index in [0.29, 0.717) is 23.9 Å². The molecule has 10 heteroatoms. The van der Waals surface area contributed by atoms with Gasteiger partial charge in [0.25, 0.3) is 0 Å². The fraction of sp³-hybridized carbons (Fsp3) is 0.732. The molecule has 4 N–H and O–H groups in total. The lowest BCUT2D eigenvalue weighted by atomic mass is 9.99. The molecule has 0 aromatic carbocycles. The lowest BCUT2D eigenvalue weighted by molar-refractivity contribution is -0.870. The smallest absolute Gasteiger partial charge is 0.390 e. The van der Waals surface area contributed by atoms with Crippen molar-refractivity contribution in [1.29, 1.82) is 0 Å².